The molecule has 2 aromatic heterocycles. The Hall–Kier alpha value is -3.81. The van der Waals surface area contributed by atoms with Crippen LogP contribution in [0.25, 0.3) is 22.5 Å². The molecule has 0 saturated carbocycles. The maximum absolute atomic E-state index is 13.3. The van der Waals surface area contributed by atoms with Gasteiger partial charge in [0.25, 0.3) is 0 Å². The minimum Gasteiger partial charge on any atom is -0.296 e. The molecule has 0 saturated heterocycles. The van der Waals surface area contributed by atoms with Crippen molar-refractivity contribution in [3.8, 4) is 22.5 Å². The van der Waals surface area contributed by atoms with E-state index in [1.54, 1.807) is 9.13 Å². The number of rotatable bonds is 11. The van der Waals surface area contributed by atoms with Crippen molar-refractivity contribution in [3.05, 3.63) is 76.0 Å². The third-order valence-corrected chi connectivity index (χ3v) is 6.08. The molecule has 0 fully saturated rings. The SMILES string of the molecule is CCCCCn1c(C=O)c(CCC)n(Cc2ccc(-c3ccccc3-c3nn[nH]n3)cc2)c1=O. The van der Waals surface area contributed by atoms with Crippen molar-refractivity contribution in [1.29, 1.82) is 0 Å². The molecule has 4 aromatic rings. The molecule has 34 heavy (non-hydrogen) atoms. The van der Waals surface area contributed by atoms with Gasteiger partial charge in [0, 0.05) is 12.1 Å². The van der Waals surface area contributed by atoms with Crippen LogP contribution in [-0.2, 0) is 19.5 Å². The minimum atomic E-state index is -0.104. The van der Waals surface area contributed by atoms with Gasteiger partial charge in [-0.15, -0.1) is 10.2 Å². The Morgan fingerprint density at radius 3 is 2.35 bits per heavy atom. The molecule has 0 aliphatic carbocycles. The number of H-pyrrole nitrogens is 1. The average Bonchev–Trinajstić information content (AvgIpc) is 3.48. The van der Waals surface area contributed by atoms with Crippen molar-refractivity contribution < 1.29 is 4.79 Å². The number of imidazole rings is 1. The van der Waals surface area contributed by atoms with E-state index in [1.807, 2.05) is 48.5 Å². The number of benzene rings is 2. The molecule has 0 atom stereocenters. The molecule has 0 aliphatic rings. The van der Waals surface area contributed by atoms with Crippen molar-refractivity contribution in [1.82, 2.24) is 29.8 Å². The first-order valence-corrected chi connectivity index (χ1v) is 11.9. The van der Waals surface area contributed by atoms with Gasteiger partial charge in [-0.25, -0.2) is 4.79 Å². The first kappa shape index (κ1) is 23.4. The lowest BCUT2D eigenvalue weighted by molar-refractivity contribution is 0.111. The van der Waals surface area contributed by atoms with E-state index < -0.39 is 0 Å². The second-order valence-electron chi connectivity index (χ2n) is 8.41. The van der Waals surface area contributed by atoms with E-state index in [9.17, 15) is 9.59 Å². The molecule has 4 rings (SSSR count). The summed E-state index contributed by atoms with van der Waals surface area (Å²) in [7, 11) is 0. The molecule has 8 nitrogen and oxygen atoms in total. The van der Waals surface area contributed by atoms with Gasteiger partial charge < -0.3 is 0 Å². The zero-order valence-corrected chi connectivity index (χ0v) is 19.7. The van der Waals surface area contributed by atoms with Crippen LogP contribution in [0.4, 0.5) is 0 Å². The molecule has 0 amide bonds. The quantitative estimate of drug-likeness (QED) is 0.264. The molecule has 0 radical (unpaired) electrons. The summed E-state index contributed by atoms with van der Waals surface area (Å²) in [6.07, 6.45) is 5.39. The zero-order chi connectivity index (χ0) is 23.9. The first-order chi connectivity index (χ1) is 16.7. The minimum absolute atomic E-state index is 0.104. The molecular weight excluding hydrogens is 428 g/mol. The van der Waals surface area contributed by atoms with Crippen molar-refractivity contribution in [2.24, 2.45) is 0 Å². The number of aromatic amines is 1. The summed E-state index contributed by atoms with van der Waals surface area (Å²) in [5.74, 6) is 0.543. The predicted octanol–water partition coefficient (Wildman–Crippen LogP) is 4.50. The molecule has 1 N–H and O–H groups in total. The fraction of sp³-hybridized carbons (Fsp3) is 0.346. The number of carbonyl (C=O) groups excluding carboxylic acids is 1. The van der Waals surface area contributed by atoms with Gasteiger partial charge in [0.2, 0.25) is 5.82 Å². The van der Waals surface area contributed by atoms with Gasteiger partial charge in [-0.1, -0.05) is 81.6 Å². The van der Waals surface area contributed by atoms with Crippen LogP contribution in [0.2, 0.25) is 0 Å². The second-order valence-corrected chi connectivity index (χ2v) is 8.41. The van der Waals surface area contributed by atoms with Crippen molar-refractivity contribution in [2.45, 2.75) is 59.0 Å². The monoisotopic (exact) mass is 458 g/mol. The van der Waals surface area contributed by atoms with Crippen LogP contribution in [0.3, 0.4) is 0 Å². The van der Waals surface area contributed by atoms with Crippen LogP contribution in [0.1, 0.15) is 61.3 Å². The number of aromatic nitrogens is 6. The lowest BCUT2D eigenvalue weighted by atomic mass is 9.98. The van der Waals surface area contributed by atoms with Gasteiger partial charge >= 0.3 is 5.69 Å². The number of carbonyl (C=O) groups is 1. The van der Waals surface area contributed by atoms with Crippen molar-refractivity contribution in [2.75, 3.05) is 0 Å². The van der Waals surface area contributed by atoms with Crippen molar-refractivity contribution >= 4 is 6.29 Å². The van der Waals surface area contributed by atoms with Crippen LogP contribution in [-0.4, -0.2) is 36.0 Å². The molecule has 0 bridgehead atoms. The van der Waals surface area contributed by atoms with E-state index in [-0.39, 0.29) is 5.69 Å². The normalized spacial score (nSPS) is 11.1. The van der Waals surface area contributed by atoms with E-state index >= 15 is 0 Å². The van der Waals surface area contributed by atoms with E-state index in [1.165, 1.54) is 0 Å². The molecule has 0 aliphatic heterocycles. The third-order valence-electron chi connectivity index (χ3n) is 6.08. The summed E-state index contributed by atoms with van der Waals surface area (Å²) in [4.78, 5) is 25.2. The zero-order valence-electron chi connectivity index (χ0n) is 19.7. The van der Waals surface area contributed by atoms with Crippen molar-refractivity contribution in [3.63, 3.8) is 0 Å². The molecule has 8 heteroatoms. The highest BCUT2D eigenvalue weighted by Crippen LogP contribution is 2.29. The third kappa shape index (κ3) is 4.76. The largest absolute Gasteiger partial charge is 0.329 e. The number of hydrogen-bond acceptors (Lipinski definition) is 5. The first-order valence-electron chi connectivity index (χ1n) is 11.9. The Bertz CT molecular complexity index is 1290. The number of tetrazole rings is 1. The highest BCUT2D eigenvalue weighted by Gasteiger charge is 2.19. The number of aldehydes is 1. The van der Waals surface area contributed by atoms with Gasteiger partial charge in [0.15, 0.2) is 6.29 Å². The van der Waals surface area contributed by atoms with E-state index in [4.69, 9.17) is 0 Å². The summed E-state index contributed by atoms with van der Waals surface area (Å²) in [5.41, 5.74) is 5.17. The fourth-order valence-electron chi connectivity index (χ4n) is 4.37. The fourth-order valence-corrected chi connectivity index (χ4v) is 4.37. The van der Waals surface area contributed by atoms with E-state index in [2.05, 4.69) is 34.5 Å². The number of unbranched alkanes of at least 4 members (excludes halogenated alkanes) is 2. The van der Waals surface area contributed by atoms with Crippen LogP contribution < -0.4 is 5.69 Å². The van der Waals surface area contributed by atoms with Gasteiger partial charge in [-0.3, -0.25) is 13.9 Å². The Morgan fingerprint density at radius 1 is 0.941 bits per heavy atom. The average molecular weight is 459 g/mol. The number of nitrogens with one attached hydrogen (secondary N) is 1. The number of hydrogen-bond donors (Lipinski definition) is 1. The standard InChI is InChI=1S/C26H30N6O2/c1-3-5-8-16-31-24(18-33)23(9-4-2)32(26(31)34)17-19-12-14-20(15-13-19)21-10-6-7-11-22(21)25-27-29-30-28-25/h6-7,10-15,18H,3-5,8-9,16-17H2,1-2H3,(H,27,28,29,30). The maximum Gasteiger partial charge on any atom is 0.329 e. The molecule has 2 heterocycles. The number of nitrogens with zero attached hydrogens (tertiary/aromatic N) is 5. The van der Waals surface area contributed by atoms with Gasteiger partial charge in [0.1, 0.15) is 5.69 Å². The molecule has 0 spiro atoms. The van der Waals surface area contributed by atoms with E-state index in [0.717, 1.165) is 59.9 Å². The van der Waals surface area contributed by atoms with E-state index in [0.29, 0.717) is 31.0 Å². The lowest BCUT2D eigenvalue weighted by Gasteiger charge is -2.10. The highest BCUT2D eigenvalue weighted by molar-refractivity contribution is 5.80. The topological polar surface area (TPSA) is 98.5 Å². The van der Waals surface area contributed by atoms with Crippen LogP contribution in [0.15, 0.2) is 53.3 Å². The second kappa shape index (κ2) is 10.9. The lowest BCUT2D eigenvalue weighted by Crippen LogP contribution is -2.26. The van der Waals surface area contributed by atoms with Crippen LogP contribution >= 0.6 is 0 Å². The van der Waals surface area contributed by atoms with Gasteiger partial charge in [-0.05, 0) is 34.7 Å². The van der Waals surface area contributed by atoms with Gasteiger partial charge in [-0.2, -0.15) is 5.21 Å². The summed E-state index contributed by atoms with van der Waals surface area (Å²) in [6.45, 7) is 5.20. The molecular formula is C26H30N6O2. The summed E-state index contributed by atoms with van der Waals surface area (Å²) >= 11 is 0. The van der Waals surface area contributed by atoms with Crippen LogP contribution in [0, 0.1) is 0 Å². The predicted molar refractivity (Wildman–Crippen MR) is 132 cm³/mol. The molecule has 0 unspecified atom stereocenters. The highest BCUT2D eigenvalue weighted by atomic mass is 16.2. The Labute approximate surface area is 198 Å². The molecule has 176 valence electrons. The summed E-state index contributed by atoms with van der Waals surface area (Å²) < 4.78 is 3.42. The Kier molecular flexibility index (Phi) is 7.47. The Morgan fingerprint density at radius 2 is 1.71 bits per heavy atom. The van der Waals surface area contributed by atoms with Gasteiger partial charge in [0.05, 0.1) is 12.2 Å². The summed E-state index contributed by atoms with van der Waals surface area (Å²) in [6, 6.07) is 16.0. The maximum atomic E-state index is 13.3. The Balaban J connectivity index is 1.65. The molecule has 2 aromatic carbocycles. The summed E-state index contributed by atoms with van der Waals surface area (Å²) in [5, 5.41) is 14.4. The van der Waals surface area contributed by atoms with Crippen LogP contribution in [0.5, 0.6) is 0 Å². The smallest absolute Gasteiger partial charge is 0.296 e.